The highest BCUT2D eigenvalue weighted by Gasteiger charge is 2.35. The van der Waals surface area contributed by atoms with Crippen molar-refractivity contribution in [2.24, 2.45) is 0 Å². The lowest BCUT2D eigenvalue weighted by molar-refractivity contribution is 0.132. The molecule has 0 aliphatic carbocycles. The van der Waals surface area contributed by atoms with E-state index in [0.29, 0.717) is 23.0 Å². The van der Waals surface area contributed by atoms with Gasteiger partial charge in [-0.2, -0.15) is 9.29 Å². The van der Waals surface area contributed by atoms with Gasteiger partial charge in [-0.05, 0) is 29.8 Å². The monoisotopic (exact) mass is 454 g/mol. The predicted molar refractivity (Wildman–Crippen MR) is 119 cm³/mol. The first-order chi connectivity index (χ1) is 15.3. The summed E-state index contributed by atoms with van der Waals surface area (Å²) in [4.78, 5) is 18.0. The van der Waals surface area contributed by atoms with E-state index in [4.69, 9.17) is 9.26 Å². The van der Waals surface area contributed by atoms with Crippen LogP contribution in [-0.4, -0.2) is 55.2 Å². The van der Waals surface area contributed by atoms with E-state index in [9.17, 15) is 13.2 Å². The van der Waals surface area contributed by atoms with Crippen LogP contribution in [0.4, 0.5) is 10.5 Å². The van der Waals surface area contributed by atoms with Gasteiger partial charge in [-0.3, -0.25) is 4.90 Å². The number of likely N-dealkylation sites (N-methyl/N-ethyl adjacent to an activating group) is 1. The number of ether oxygens (including phenoxy) is 1. The second kappa shape index (κ2) is 8.56. The predicted octanol–water partition coefficient (Wildman–Crippen LogP) is 3.30. The molecule has 1 aromatic heterocycles. The normalized spacial score (nSPS) is 16.4. The van der Waals surface area contributed by atoms with E-state index in [0.717, 1.165) is 9.87 Å². The van der Waals surface area contributed by atoms with Crippen molar-refractivity contribution in [3.63, 3.8) is 0 Å². The number of sulfonamides is 1. The molecule has 1 saturated heterocycles. The lowest BCUT2D eigenvalue weighted by Crippen LogP contribution is -2.36. The lowest BCUT2D eigenvalue weighted by atomic mass is 10.2. The molecule has 1 atom stereocenters. The standard InChI is InChI=1S/C22H22N4O5S/c1-15(17-7-5-4-6-8-17)32(28,29)25(3)13-20-14-26(22(27)30-20)19-11-9-18(10-12-19)21-23-16(2)31-24-21/h4-12,20H,1,13-14H2,2-3H3. The molecule has 0 saturated carbocycles. The van der Waals surface area contributed by atoms with Gasteiger partial charge in [0.1, 0.15) is 6.10 Å². The second-order valence-corrected chi connectivity index (χ2v) is 9.44. The molecule has 1 unspecified atom stereocenters. The minimum absolute atomic E-state index is 0.00549. The second-order valence-electron chi connectivity index (χ2n) is 7.37. The maximum Gasteiger partial charge on any atom is 0.414 e. The Morgan fingerprint density at radius 3 is 2.50 bits per heavy atom. The van der Waals surface area contributed by atoms with Crippen LogP contribution < -0.4 is 4.90 Å². The van der Waals surface area contributed by atoms with E-state index in [2.05, 4.69) is 16.7 Å². The SMILES string of the molecule is C=C(c1ccccc1)S(=O)(=O)N(C)CC1CN(c2ccc(-c3noc(C)n3)cc2)C(=O)O1. The van der Waals surface area contributed by atoms with Gasteiger partial charge in [0.05, 0.1) is 18.0 Å². The summed E-state index contributed by atoms with van der Waals surface area (Å²) in [5, 5.41) is 3.87. The van der Waals surface area contributed by atoms with E-state index in [-0.39, 0.29) is 18.0 Å². The number of cyclic esters (lactones) is 1. The van der Waals surface area contributed by atoms with Crippen LogP contribution in [0.5, 0.6) is 0 Å². The number of carbonyl (C=O) groups is 1. The van der Waals surface area contributed by atoms with Crippen molar-refractivity contribution in [2.45, 2.75) is 13.0 Å². The van der Waals surface area contributed by atoms with Crippen molar-refractivity contribution >= 4 is 26.7 Å². The third-order valence-corrected chi connectivity index (χ3v) is 6.95. The first-order valence-electron chi connectivity index (χ1n) is 9.85. The fourth-order valence-corrected chi connectivity index (χ4v) is 4.55. The summed E-state index contributed by atoms with van der Waals surface area (Å²) in [5.74, 6) is 0.922. The third kappa shape index (κ3) is 4.27. The maximum atomic E-state index is 12.9. The Hall–Kier alpha value is -3.50. The lowest BCUT2D eigenvalue weighted by Gasteiger charge is -2.21. The number of carbonyl (C=O) groups excluding carboxylic acids is 1. The largest absolute Gasteiger partial charge is 0.443 e. The average molecular weight is 455 g/mol. The van der Waals surface area contributed by atoms with Crippen LogP contribution in [-0.2, 0) is 14.8 Å². The summed E-state index contributed by atoms with van der Waals surface area (Å²) >= 11 is 0. The van der Waals surface area contributed by atoms with Gasteiger partial charge in [-0.25, -0.2) is 13.2 Å². The van der Waals surface area contributed by atoms with Crippen LogP contribution in [0, 0.1) is 6.92 Å². The molecule has 32 heavy (non-hydrogen) atoms. The zero-order chi connectivity index (χ0) is 22.9. The Labute approximate surface area is 186 Å². The third-order valence-electron chi connectivity index (χ3n) is 5.12. The van der Waals surface area contributed by atoms with E-state index in [1.165, 1.54) is 11.9 Å². The van der Waals surface area contributed by atoms with Crippen LogP contribution >= 0.6 is 0 Å². The van der Waals surface area contributed by atoms with Gasteiger partial charge >= 0.3 is 6.09 Å². The van der Waals surface area contributed by atoms with Gasteiger partial charge < -0.3 is 9.26 Å². The van der Waals surface area contributed by atoms with Gasteiger partial charge in [0.25, 0.3) is 0 Å². The van der Waals surface area contributed by atoms with Crippen molar-refractivity contribution in [3.05, 3.63) is 72.6 Å². The molecular formula is C22H22N4O5S. The Morgan fingerprint density at radius 1 is 1.19 bits per heavy atom. The van der Waals surface area contributed by atoms with Gasteiger partial charge in [-0.15, -0.1) is 0 Å². The molecule has 1 aliphatic heterocycles. The number of aromatic nitrogens is 2. The van der Waals surface area contributed by atoms with E-state index in [1.54, 1.807) is 61.5 Å². The summed E-state index contributed by atoms with van der Waals surface area (Å²) in [5.41, 5.74) is 1.89. The van der Waals surface area contributed by atoms with Gasteiger partial charge in [-0.1, -0.05) is 42.1 Å². The van der Waals surface area contributed by atoms with Crippen LogP contribution in [0.1, 0.15) is 11.5 Å². The molecule has 0 N–H and O–H groups in total. The molecule has 0 spiro atoms. The van der Waals surface area contributed by atoms with Crippen molar-refractivity contribution in [2.75, 3.05) is 25.0 Å². The molecule has 4 rings (SSSR count). The molecule has 1 aliphatic rings. The van der Waals surface area contributed by atoms with Crippen LogP contribution in [0.3, 0.4) is 0 Å². The maximum absolute atomic E-state index is 12.9. The Balaban J connectivity index is 1.43. The highest BCUT2D eigenvalue weighted by molar-refractivity contribution is 7.98. The van der Waals surface area contributed by atoms with Crippen LogP contribution in [0.25, 0.3) is 16.3 Å². The van der Waals surface area contributed by atoms with E-state index >= 15 is 0 Å². The summed E-state index contributed by atoms with van der Waals surface area (Å²) in [6.07, 6.45) is -1.16. The number of anilines is 1. The Morgan fingerprint density at radius 2 is 1.88 bits per heavy atom. The number of amides is 1. The fourth-order valence-electron chi connectivity index (χ4n) is 3.38. The zero-order valence-electron chi connectivity index (χ0n) is 17.6. The van der Waals surface area contributed by atoms with Gasteiger partial charge in [0, 0.05) is 25.2 Å². The Kier molecular flexibility index (Phi) is 5.81. The average Bonchev–Trinajstić information content (AvgIpc) is 3.39. The fraction of sp³-hybridized carbons (Fsp3) is 0.227. The molecule has 1 amide bonds. The topological polar surface area (TPSA) is 106 Å². The van der Waals surface area contributed by atoms with Crippen LogP contribution in [0.2, 0.25) is 0 Å². The molecule has 2 heterocycles. The quantitative estimate of drug-likeness (QED) is 0.539. The number of hydrogen-bond acceptors (Lipinski definition) is 7. The van der Waals surface area contributed by atoms with Crippen molar-refractivity contribution in [3.8, 4) is 11.4 Å². The number of nitrogens with zero attached hydrogens (tertiary/aromatic N) is 4. The summed E-state index contributed by atoms with van der Waals surface area (Å²) in [6.45, 7) is 5.68. The summed E-state index contributed by atoms with van der Waals surface area (Å²) in [6, 6.07) is 15.7. The number of rotatable bonds is 7. The first-order valence-corrected chi connectivity index (χ1v) is 11.3. The highest BCUT2D eigenvalue weighted by Crippen LogP contribution is 2.27. The molecular weight excluding hydrogens is 432 g/mol. The summed E-state index contributed by atoms with van der Waals surface area (Å²) < 4.78 is 37.3. The molecule has 3 aromatic rings. The smallest absolute Gasteiger partial charge is 0.414 e. The number of benzene rings is 2. The number of aryl methyl sites for hydroxylation is 1. The van der Waals surface area contributed by atoms with Crippen molar-refractivity contribution in [1.82, 2.24) is 14.4 Å². The Bertz CT molecular complexity index is 1240. The van der Waals surface area contributed by atoms with Crippen LogP contribution in [0.15, 0.2) is 65.7 Å². The van der Waals surface area contributed by atoms with Gasteiger partial charge in [0.15, 0.2) is 0 Å². The van der Waals surface area contributed by atoms with Crippen molar-refractivity contribution in [1.29, 1.82) is 0 Å². The minimum Gasteiger partial charge on any atom is -0.443 e. The van der Waals surface area contributed by atoms with E-state index < -0.39 is 22.2 Å². The highest BCUT2D eigenvalue weighted by atomic mass is 32.2. The van der Waals surface area contributed by atoms with Gasteiger partial charge in [0.2, 0.25) is 21.7 Å². The van der Waals surface area contributed by atoms with Crippen molar-refractivity contribution < 1.29 is 22.5 Å². The first kappa shape index (κ1) is 21.7. The summed E-state index contributed by atoms with van der Waals surface area (Å²) in [7, 11) is -2.36. The van der Waals surface area contributed by atoms with E-state index in [1.807, 2.05) is 0 Å². The molecule has 0 radical (unpaired) electrons. The number of hydrogen-bond donors (Lipinski definition) is 0. The zero-order valence-corrected chi connectivity index (χ0v) is 18.4. The molecule has 166 valence electrons. The molecule has 1 fully saturated rings. The molecule has 10 heteroatoms. The molecule has 2 aromatic carbocycles. The minimum atomic E-state index is -3.81. The molecule has 9 nitrogen and oxygen atoms in total. The molecule has 0 bridgehead atoms.